The molecule has 0 unspecified atom stereocenters. The SMILES string of the molecule is C=C/C(=C(/F)C(=C)C(C)C)c1c(F)cc(F)cc1Cl. The second-order valence-corrected chi connectivity index (χ2v) is 4.76. The van der Waals surface area contributed by atoms with Crippen molar-refractivity contribution in [2.45, 2.75) is 13.8 Å². The lowest BCUT2D eigenvalue weighted by Crippen LogP contribution is -1.99. The molecular weight excluding hydrogens is 273 g/mol. The average Bonchev–Trinajstić information content (AvgIpc) is 2.31. The quantitative estimate of drug-likeness (QED) is 0.623. The van der Waals surface area contributed by atoms with Crippen molar-refractivity contribution in [2.24, 2.45) is 5.92 Å². The molecule has 0 aliphatic heterocycles. The fourth-order valence-corrected chi connectivity index (χ4v) is 1.82. The van der Waals surface area contributed by atoms with Crippen LogP contribution in [-0.2, 0) is 0 Å². The molecule has 1 aromatic carbocycles. The number of halogens is 4. The van der Waals surface area contributed by atoms with Crippen LogP contribution in [0.25, 0.3) is 5.57 Å². The van der Waals surface area contributed by atoms with Gasteiger partial charge < -0.3 is 0 Å². The van der Waals surface area contributed by atoms with Crippen LogP contribution in [0.4, 0.5) is 13.2 Å². The molecule has 0 saturated carbocycles. The van der Waals surface area contributed by atoms with Crippen molar-refractivity contribution in [3.05, 3.63) is 65.0 Å². The lowest BCUT2D eigenvalue weighted by Gasteiger charge is -2.13. The first-order valence-electron chi connectivity index (χ1n) is 5.65. The first-order chi connectivity index (χ1) is 8.79. The fourth-order valence-electron chi connectivity index (χ4n) is 1.53. The highest BCUT2D eigenvalue weighted by atomic mass is 35.5. The average molecular weight is 287 g/mol. The molecule has 1 rings (SSSR count). The second-order valence-electron chi connectivity index (χ2n) is 4.36. The lowest BCUT2D eigenvalue weighted by molar-refractivity contribution is 0.578. The summed E-state index contributed by atoms with van der Waals surface area (Å²) in [4.78, 5) is 0. The molecule has 0 atom stereocenters. The number of hydrogen-bond acceptors (Lipinski definition) is 0. The maximum atomic E-state index is 14.2. The first kappa shape index (κ1) is 15.6. The van der Waals surface area contributed by atoms with E-state index in [0.29, 0.717) is 6.07 Å². The predicted octanol–water partition coefficient (Wildman–Crippen LogP) is 5.70. The molecule has 102 valence electrons. The van der Waals surface area contributed by atoms with Crippen LogP contribution in [-0.4, -0.2) is 0 Å². The highest BCUT2D eigenvalue weighted by Crippen LogP contribution is 2.34. The van der Waals surface area contributed by atoms with Crippen molar-refractivity contribution in [3.63, 3.8) is 0 Å². The van der Waals surface area contributed by atoms with Gasteiger partial charge in [0, 0.05) is 17.2 Å². The third-order valence-electron chi connectivity index (χ3n) is 2.70. The summed E-state index contributed by atoms with van der Waals surface area (Å²) in [6, 6.07) is 1.57. The number of hydrogen-bond donors (Lipinski definition) is 0. The zero-order chi connectivity index (χ0) is 14.7. The summed E-state index contributed by atoms with van der Waals surface area (Å²) in [5, 5.41) is -0.209. The molecule has 0 N–H and O–H groups in total. The van der Waals surface area contributed by atoms with E-state index in [1.54, 1.807) is 13.8 Å². The normalized spacial score (nSPS) is 12.4. The van der Waals surface area contributed by atoms with E-state index < -0.39 is 17.5 Å². The van der Waals surface area contributed by atoms with Gasteiger partial charge in [-0.15, -0.1) is 0 Å². The van der Waals surface area contributed by atoms with E-state index in [1.807, 2.05) is 0 Å². The molecule has 0 saturated heterocycles. The van der Waals surface area contributed by atoms with Crippen LogP contribution in [0.15, 0.2) is 42.8 Å². The maximum Gasteiger partial charge on any atom is 0.135 e. The van der Waals surface area contributed by atoms with E-state index in [9.17, 15) is 13.2 Å². The molecule has 0 aliphatic carbocycles. The van der Waals surface area contributed by atoms with Crippen molar-refractivity contribution in [1.82, 2.24) is 0 Å². The first-order valence-corrected chi connectivity index (χ1v) is 6.03. The van der Waals surface area contributed by atoms with Gasteiger partial charge in [-0.2, -0.15) is 0 Å². The maximum absolute atomic E-state index is 14.2. The monoisotopic (exact) mass is 286 g/mol. The van der Waals surface area contributed by atoms with Crippen molar-refractivity contribution in [2.75, 3.05) is 0 Å². The van der Waals surface area contributed by atoms with Crippen molar-refractivity contribution in [3.8, 4) is 0 Å². The number of allylic oxidation sites excluding steroid dienone is 4. The van der Waals surface area contributed by atoms with E-state index in [2.05, 4.69) is 13.2 Å². The Balaban J connectivity index is 3.53. The molecule has 4 heteroatoms. The lowest BCUT2D eigenvalue weighted by atomic mass is 9.96. The van der Waals surface area contributed by atoms with Gasteiger partial charge in [0.15, 0.2) is 0 Å². The predicted molar refractivity (Wildman–Crippen MR) is 73.6 cm³/mol. The zero-order valence-corrected chi connectivity index (χ0v) is 11.5. The Labute approximate surface area is 115 Å². The van der Waals surface area contributed by atoms with Crippen LogP contribution in [0.1, 0.15) is 19.4 Å². The van der Waals surface area contributed by atoms with Gasteiger partial charge in [-0.05, 0) is 17.6 Å². The van der Waals surface area contributed by atoms with Crippen LogP contribution in [0.5, 0.6) is 0 Å². The largest absolute Gasteiger partial charge is 0.207 e. The van der Waals surface area contributed by atoms with E-state index in [4.69, 9.17) is 11.6 Å². The number of rotatable bonds is 4. The summed E-state index contributed by atoms with van der Waals surface area (Å²) in [5.74, 6) is -2.61. The highest BCUT2D eigenvalue weighted by Gasteiger charge is 2.19. The Bertz CT molecular complexity index is 534. The van der Waals surface area contributed by atoms with Crippen molar-refractivity contribution >= 4 is 17.2 Å². The molecule has 0 fully saturated rings. The van der Waals surface area contributed by atoms with Crippen molar-refractivity contribution in [1.29, 1.82) is 0 Å². The highest BCUT2D eigenvalue weighted by molar-refractivity contribution is 6.32. The minimum Gasteiger partial charge on any atom is -0.207 e. The molecule has 1 aromatic rings. The topological polar surface area (TPSA) is 0 Å². The summed E-state index contributed by atoms with van der Waals surface area (Å²) in [5.41, 5.74) is -0.131. The van der Waals surface area contributed by atoms with Gasteiger partial charge in [0.2, 0.25) is 0 Å². The van der Waals surface area contributed by atoms with Crippen molar-refractivity contribution < 1.29 is 13.2 Å². The minimum absolute atomic E-state index is 0.124. The van der Waals surface area contributed by atoms with Gasteiger partial charge in [-0.3, -0.25) is 0 Å². The second kappa shape index (κ2) is 6.11. The van der Waals surface area contributed by atoms with Crippen LogP contribution in [0, 0.1) is 17.6 Å². The summed E-state index contributed by atoms with van der Waals surface area (Å²) >= 11 is 5.78. The zero-order valence-electron chi connectivity index (χ0n) is 10.7. The molecule has 0 aromatic heterocycles. The smallest absolute Gasteiger partial charge is 0.135 e. The van der Waals surface area contributed by atoms with E-state index in [0.717, 1.165) is 12.1 Å². The Hall–Kier alpha value is -1.48. The van der Waals surface area contributed by atoms with Gasteiger partial charge in [-0.25, -0.2) is 13.2 Å². The van der Waals surface area contributed by atoms with E-state index in [1.165, 1.54) is 0 Å². The van der Waals surface area contributed by atoms with Crippen LogP contribution in [0.3, 0.4) is 0 Å². The summed E-state index contributed by atoms with van der Waals surface area (Å²) in [6.45, 7) is 10.6. The van der Waals surface area contributed by atoms with E-state index in [-0.39, 0.29) is 27.7 Å². The molecule has 0 nitrogen and oxygen atoms in total. The minimum atomic E-state index is -0.938. The molecular formula is C15H14ClF3. The van der Waals surface area contributed by atoms with Gasteiger partial charge in [-0.1, -0.05) is 44.7 Å². The van der Waals surface area contributed by atoms with Gasteiger partial charge in [0.05, 0.1) is 5.02 Å². The standard InChI is InChI=1S/C15H14ClF3/c1-5-11(15(19)9(4)8(2)3)14-12(16)6-10(17)7-13(14)18/h5-8H,1,4H2,2-3H3/b15-11-. The third kappa shape index (κ3) is 3.29. The van der Waals surface area contributed by atoms with E-state index >= 15 is 0 Å². The third-order valence-corrected chi connectivity index (χ3v) is 2.99. The molecule has 0 amide bonds. The Morgan fingerprint density at radius 1 is 1.32 bits per heavy atom. The molecule has 0 bridgehead atoms. The van der Waals surface area contributed by atoms with Crippen LogP contribution in [0.2, 0.25) is 5.02 Å². The Kier molecular flexibility index (Phi) is 5.01. The Morgan fingerprint density at radius 2 is 1.89 bits per heavy atom. The molecule has 0 spiro atoms. The van der Waals surface area contributed by atoms with Crippen LogP contribution < -0.4 is 0 Å². The van der Waals surface area contributed by atoms with Gasteiger partial charge in [0.25, 0.3) is 0 Å². The molecule has 0 heterocycles. The Morgan fingerprint density at radius 3 is 2.32 bits per heavy atom. The van der Waals surface area contributed by atoms with Crippen LogP contribution >= 0.6 is 11.6 Å². The summed E-state index contributed by atoms with van der Waals surface area (Å²) in [6.07, 6.45) is 1.14. The molecule has 0 aliphatic rings. The van der Waals surface area contributed by atoms with Gasteiger partial charge >= 0.3 is 0 Å². The molecule has 0 radical (unpaired) electrons. The molecule has 19 heavy (non-hydrogen) atoms. The fraction of sp³-hybridized carbons (Fsp3) is 0.200. The number of benzene rings is 1. The summed E-state index contributed by atoms with van der Waals surface area (Å²) < 4.78 is 41.0. The van der Waals surface area contributed by atoms with Gasteiger partial charge in [0.1, 0.15) is 17.5 Å². The summed E-state index contributed by atoms with van der Waals surface area (Å²) in [7, 11) is 0.